The first-order valence-corrected chi connectivity index (χ1v) is 13.8. The fraction of sp³-hybridized carbons (Fsp3) is 0.441. The first-order valence-electron chi connectivity index (χ1n) is 13.8. The molecule has 0 spiro atoms. The molecule has 3 heteroatoms. The van der Waals surface area contributed by atoms with E-state index in [4.69, 9.17) is 4.74 Å². The summed E-state index contributed by atoms with van der Waals surface area (Å²) < 4.78 is 6.12. The van der Waals surface area contributed by atoms with E-state index in [1.165, 1.54) is 27.8 Å². The number of rotatable bonds is 3. The molecule has 2 aromatic carbocycles. The highest BCUT2D eigenvalue weighted by atomic mass is 16.5. The Labute approximate surface area is 220 Å². The third-order valence-electron chi connectivity index (χ3n) is 9.76. The van der Waals surface area contributed by atoms with Gasteiger partial charge >= 0.3 is 0 Å². The summed E-state index contributed by atoms with van der Waals surface area (Å²) in [7, 11) is 0. The predicted molar refractivity (Wildman–Crippen MR) is 146 cm³/mol. The third-order valence-corrected chi connectivity index (χ3v) is 9.76. The lowest BCUT2D eigenvalue weighted by Gasteiger charge is -2.53. The van der Waals surface area contributed by atoms with Crippen LogP contribution in [0.15, 0.2) is 71.3 Å². The number of fused-ring (bicyclic) bond motifs is 4. The summed E-state index contributed by atoms with van der Waals surface area (Å²) in [5, 5.41) is 11.8. The number of hydrogen-bond acceptors (Lipinski definition) is 3. The molecule has 3 nitrogen and oxygen atoms in total. The van der Waals surface area contributed by atoms with Gasteiger partial charge in [0.2, 0.25) is 0 Å². The van der Waals surface area contributed by atoms with Crippen LogP contribution in [-0.2, 0) is 4.79 Å². The van der Waals surface area contributed by atoms with Gasteiger partial charge in [-0.2, -0.15) is 0 Å². The monoisotopic (exact) mass is 492 g/mol. The molecule has 5 atom stereocenters. The van der Waals surface area contributed by atoms with Gasteiger partial charge < -0.3 is 9.84 Å². The lowest BCUT2D eigenvalue weighted by atomic mass is 9.51. The highest BCUT2D eigenvalue weighted by Crippen LogP contribution is 2.66. The molecule has 0 unspecified atom stereocenters. The maximum Gasteiger partial charge on any atom is 0.156 e. The van der Waals surface area contributed by atoms with E-state index >= 15 is 0 Å². The molecule has 6 rings (SSSR count). The summed E-state index contributed by atoms with van der Waals surface area (Å²) in [5.41, 5.74) is 5.48. The maximum absolute atomic E-state index is 12.3. The van der Waals surface area contributed by atoms with Gasteiger partial charge in [-0.3, -0.25) is 4.79 Å². The van der Waals surface area contributed by atoms with Crippen LogP contribution < -0.4 is 4.74 Å². The van der Waals surface area contributed by atoms with E-state index < -0.39 is 5.60 Å². The van der Waals surface area contributed by atoms with Crippen molar-refractivity contribution in [3.05, 3.63) is 82.5 Å². The number of hydrogen-bond donors (Lipinski definition) is 1. The number of carbonyl (C=O) groups excluding carboxylic acids is 1. The van der Waals surface area contributed by atoms with Gasteiger partial charge in [-0.1, -0.05) is 48.2 Å². The molecule has 1 N–H and O–H groups in total. The normalized spacial score (nSPS) is 32.5. The molecular formula is C34H36O3. The number of benzene rings is 2. The average molecular weight is 493 g/mol. The number of ketones is 1. The van der Waals surface area contributed by atoms with Crippen molar-refractivity contribution in [1.82, 2.24) is 0 Å². The zero-order valence-corrected chi connectivity index (χ0v) is 22.1. The van der Waals surface area contributed by atoms with Crippen LogP contribution in [0.25, 0.3) is 0 Å². The van der Waals surface area contributed by atoms with Crippen LogP contribution >= 0.6 is 0 Å². The van der Waals surface area contributed by atoms with Gasteiger partial charge in [0, 0.05) is 17.8 Å². The molecule has 4 aliphatic rings. The Morgan fingerprint density at radius 3 is 2.38 bits per heavy atom. The number of aliphatic hydroxyl groups is 1. The summed E-state index contributed by atoms with van der Waals surface area (Å²) in [6.07, 6.45) is 8.02. The highest BCUT2D eigenvalue weighted by molar-refractivity contribution is 5.93. The van der Waals surface area contributed by atoms with E-state index in [0.717, 1.165) is 50.0 Å². The third kappa shape index (κ3) is 3.98. The molecular weight excluding hydrogens is 456 g/mol. The van der Waals surface area contributed by atoms with Crippen LogP contribution in [0.5, 0.6) is 11.5 Å². The van der Waals surface area contributed by atoms with E-state index in [1.54, 1.807) is 0 Å². The molecule has 2 aromatic rings. The Kier molecular flexibility index (Phi) is 5.92. The summed E-state index contributed by atoms with van der Waals surface area (Å²) in [6, 6.07) is 16.7. The van der Waals surface area contributed by atoms with Crippen molar-refractivity contribution in [2.45, 2.75) is 77.2 Å². The predicted octanol–water partition coefficient (Wildman–Crippen LogP) is 7.44. The number of allylic oxidation sites excluding steroid dienone is 4. The molecule has 0 radical (unpaired) electrons. The van der Waals surface area contributed by atoms with Crippen LogP contribution in [0.2, 0.25) is 0 Å². The molecule has 0 amide bonds. The van der Waals surface area contributed by atoms with Crippen molar-refractivity contribution in [2.24, 2.45) is 17.3 Å². The molecule has 0 bridgehead atoms. The number of carbonyl (C=O) groups is 1. The Hall–Kier alpha value is -3.09. The van der Waals surface area contributed by atoms with Crippen molar-refractivity contribution in [3.8, 4) is 23.3 Å². The molecule has 0 heterocycles. The van der Waals surface area contributed by atoms with Crippen molar-refractivity contribution in [1.29, 1.82) is 0 Å². The van der Waals surface area contributed by atoms with Gasteiger partial charge in [0.1, 0.15) is 17.1 Å². The Balaban J connectivity index is 1.41. The van der Waals surface area contributed by atoms with Gasteiger partial charge in [0.05, 0.1) is 0 Å². The second-order valence-corrected chi connectivity index (χ2v) is 11.8. The topological polar surface area (TPSA) is 46.5 Å². The van der Waals surface area contributed by atoms with Crippen LogP contribution in [0.4, 0.5) is 0 Å². The van der Waals surface area contributed by atoms with E-state index in [9.17, 15) is 9.90 Å². The molecule has 0 aliphatic heterocycles. The van der Waals surface area contributed by atoms with E-state index in [0.29, 0.717) is 18.3 Å². The van der Waals surface area contributed by atoms with Crippen LogP contribution in [0, 0.1) is 36.0 Å². The minimum Gasteiger partial charge on any atom is -0.457 e. The molecule has 0 saturated heterocycles. The van der Waals surface area contributed by atoms with Gasteiger partial charge in [0.15, 0.2) is 5.78 Å². The fourth-order valence-electron chi connectivity index (χ4n) is 7.89. The molecule has 2 fully saturated rings. The fourth-order valence-corrected chi connectivity index (χ4v) is 7.89. The van der Waals surface area contributed by atoms with Crippen molar-refractivity contribution < 1.29 is 14.6 Å². The largest absolute Gasteiger partial charge is 0.457 e. The van der Waals surface area contributed by atoms with Gasteiger partial charge in [0.25, 0.3) is 0 Å². The number of aryl methyl sites for hydroxylation is 1. The maximum atomic E-state index is 12.3. The minimum absolute atomic E-state index is 0.204. The summed E-state index contributed by atoms with van der Waals surface area (Å²) in [6.45, 7) is 6.20. The van der Waals surface area contributed by atoms with Crippen molar-refractivity contribution >= 4 is 5.78 Å². The summed E-state index contributed by atoms with van der Waals surface area (Å²) in [5.74, 6) is 9.26. The van der Waals surface area contributed by atoms with Gasteiger partial charge in [-0.05, 0) is 111 Å². The first-order chi connectivity index (χ1) is 17.8. The van der Waals surface area contributed by atoms with Gasteiger partial charge in [-0.25, -0.2) is 0 Å². The quantitative estimate of drug-likeness (QED) is 0.453. The Morgan fingerprint density at radius 1 is 0.973 bits per heavy atom. The summed E-state index contributed by atoms with van der Waals surface area (Å²) in [4.78, 5) is 12.3. The van der Waals surface area contributed by atoms with Crippen LogP contribution in [0.1, 0.15) is 75.8 Å². The minimum atomic E-state index is -0.950. The smallest absolute Gasteiger partial charge is 0.156 e. The molecule has 190 valence electrons. The van der Waals surface area contributed by atoms with E-state index in [-0.39, 0.29) is 17.1 Å². The molecule has 37 heavy (non-hydrogen) atoms. The SMILES string of the molecule is CC#C[C@]1(O)CC[C@H]2[C@@H]3CCC4=CC(=O)CCC4=C3[C@@H](c3ccc(Oc4ccc(C)cc4)cc3)C[C@@]21C. The van der Waals surface area contributed by atoms with E-state index in [1.807, 2.05) is 25.1 Å². The second kappa shape index (κ2) is 9.03. The van der Waals surface area contributed by atoms with Crippen LogP contribution in [0.3, 0.4) is 0 Å². The lowest BCUT2D eigenvalue weighted by Crippen LogP contribution is -2.51. The lowest BCUT2D eigenvalue weighted by molar-refractivity contribution is -0.114. The zero-order valence-electron chi connectivity index (χ0n) is 22.1. The van der Waals surface area contributed by atoms with Gasteiger partial charge in [-0.15, -0.1) is 5.92 Å². The van der Waals surface area contributed by atoms with E-state index in [2.05, 4.69) is 62.1 Å². The highest BCUT2D eigenvalue weighted by Gasteiger charge is 2.62. The van der Waals surface area contributed by atoms with Crippen LogP contribution in [-0.4, -0.2) is 16.5 Å². The Bertz CT molecular complexity index is 1350. The molecule has 2 saturated carbocycles. The average Bonchev–Trinajstić information content (AvgIpc) is 3.15. The Morgan fingerprint density at radius 2 is 1.68 bits per heavy atom. The number of ether oxygens (including phenoxy) is 1. The first kappa shape index (κ1) is 24.3. The standard InChI is InChI=1S/C34H36O3/c1-4-18-34(36)19-17-31-29-15-9-24-20-25(35)10-16-28(24)32(29)30(21-33(31,34)3)23-7-13-27(14-8-23)37-26-11-5-22(2)6-12-26/h5-8,11-14,20,29-31,36H,9-10,15-17,19,21H2,1-3H3/t29-,30+,31-,33-,34-/m0/s1. The zero-order chi connectivity index (χ0) is 25.8. The van der Waals surface area contributed by atoms with Crippen molar-refractivity contribution in [3.63, 3.8) is 0 Å². The summed E-state index contributed by atoms with van der Waals surface area (Å²) >= 11 is 0. The van der Waals surface area contributed by atoms with Crippen molar-refractivity contribution in [2.75, 3.05) is 0 Å². The second-order valence-electron chi connectivity index (χ2n) is 11.8. The molecule has 0 aromatic heterocycles. The molecule has 4 aliphatic carbocycles.